The number of ether oxygens (including phenoxy) is 2. The van der Waals surface area contributed by atoms with Gasteiger partial charge in [-0.15, -0.1) is 0 Å². The van der Waals surface area contributed by atoms with Gasteiger partial charge >= 0.3 is 0 Å². The highest BCUT2D eigenvalue weighted by atomic mass is 16.7. The third kappa shape index (κ3) is 3.38. The summed E-state index contributed by atoms with van der Waals surface area (Å²) >= 11 is 0. The molecule has 0 atom stereocenters. The summed E-state index contributed by atoms with van der Waals surface area (Å²) in [6.07, 6.45) is 5.73. The Bertz CT molecular complexity index is 455. The van der Waals surface area contributed by atoms with Crippen molar-refractivity contribution in [2.24, 2.45) is 5.41 Å². The topological polar surface area (TPSA) is 67.9 Å². The molecule has 2 saturated heterocycles. The summed E-state index contributed by atoms with van der Waals surface area (Å²) in [7, 11) is 0. The van der Waals surface area contributed by atoms with Crippen molar-refractivity contribution in [2.45, 2.75) is 64.2 Å². The quantitative estimate of drug-likeness (QED) is 0.798. The Morgan fingerprint density at radius 2 is 1.65 bits per heavy atom. The molecule has 1 N–H and O–H groups in total. The molecule has 2 aliphatic heterocycles. The number of rotatable bonds is 3. The minimum Gasteiger partial charge on any atom is -0.352 e. The Labute approximate surface area is 137 Å². The summed E-state index contributed by atoms with van der Waals surface area (Å²) in [5.74, 6) is -0.739. The largest absolute Gasteiger partial charge is 0.352 e. The van der Waals surface area contributed by atoms with E-state index in [2.05, 4.69) is 5.32 Å². The lowest BCUT2D eigenvalue weighted by molar-refractivity contribution is -0.189. The lowest BCUT2D eigenvalue weighted by Gasteiger charge is -2.40. The van der Waals surface area contributed by atoms with Crippen molar-refractivity contribution in [2.75, 3.05) is 26.3 Å². The fourth-order valence-corrected chi connectivity index (χ4v) is 3.76. The molecule has 0 radical (unpaired) electrons. The number of carbonyl (C=O) groups excluding carboxylic acids is 2. The molecule has 3 aliphatic rings. The van der Waals surface area contributed by atoms with Gasteiger partial charge in [-0.1, -0.05) is 12.8 Å². The van der Waals surface area contributed by atoms with E-state index < -0.39 is 11.2 Å². The van der Waals surface area contributed by atoms with E-state index in [0.717, 1.165) is 25.7 Å². The highest BCUT2D eigenvalue weighted by Gasteiger charge is 2.45. The van der Waals surface area contributed by atoms with Crippen molar-refractivity contribution >= 4 is 11.8 Å². The average Bonchev–Trinajstić information content (AvgIpc) is 3.20. The van der Waals surface area contributed by atoms with E-state index in [4.69, 9.17) is 9.47 Å². The molecule has 1 aliphatic carbocycles. The van der Waals surface area contributed by atoms with Gasteiger partial charge in [-0.3, -0.25) is 9.59 Å². The summed E-state index contributed by atoms with van der Waals surface area (Å²) < 4.78 is 11.4. The Kier molecular flexibility index (Phi) is 4.65. The van der Waals surface area contributed by atoms with Crippen LogP contribution in [-0.4, -0.2) is 54.8 Å². The molecule has 0 aromatic carbocycles. The first-order valence-corrected chi connectivity index (χ1v) is 8.81. The van der Waals surface area contributed by atoms with E-state index in [1.807, 2.05) is 0 Å². The second kappa shape index (κ2) is 6.40. The predicted molar refractivity (Wildman–Crippen MR) is 84.6 cm³/mol. The van der Waals surface area contributed by atoms with Crippen LogP contribution in [0.15, 0.2) is 0 Å². The molecule has 0 unspecified atom stereocenters. The van der Waals surface area contributed by atoms with Crippen LogP contribution >= 0.6 is 0 Å². The molecule has 1 spiro atoms. The zero-order valence-electron chi connectivity index (χ0n) is 14.2. The molecule has 0 aromatic heterocycles. The molecule has 130 valence electrons. The number of nitrogens with zero attached hydrogens (tertiary/aromatic N) is 1. The maximum absolute atomic E-state index is 12.8. The van der Waals surface area contributed by atoms with Gasteiger partial charge in [0, 0.05) is 32.0 Å². The molecule has 0 aromatic rings. The van der Waals surface area contributed by atoms with Gasteiger partial charge < -0.3 is 19.7 Å². The van der Waals surface area contributed by atoms with Crippen molar-refractivity contribution in [1.82, 2.24) is 10.2 Å². The number of piperidine rings is 1. The van der Waals surface area contributed by atoms with Crippen LogP contribution in [0.25, 0.3) is 0 Å². The molecule has 6 heteroatoms. The Morgan fingerprint density at radius 3 is 2.22 bits per heavy atom. The van der Waals surface area contributed by atoms with Gasteiger partial charge in [-0.25, -0.2) is 0 Å². The first kappa shape index (κ1) is 16.7. The van der Waals surface area contributed by atoms with Gasteiger partial charge in [0.25, 0.3) is 0 Å². The van der Waals surface area contributed by atoms with Crippen LogP contribution < -0.4 is 5.32 Å². The second-order valence-electron chi connectivity index (χ2n) is 7.48. The van der Waals surface area contributed by atoms with Crippen molar-refractivity contribution in [3.63, 3.8) is 0 Å². The molecule has 0 bridgehead atoms. The average molecular weight is 324 g/mol. The highest BCUT2D eigenvalue weighted by molar-refractivity contribution is 6.04. The van der Waals surface area contributed by atoms with E-state index in [9.17, 15) is 9.59 Å². The molecular weight excluding hydrogens is 296 g/mol. The van der Waals surface area contributed by atoms with E-state index >= 15 is 0 Å². The summed E-state index contributed by atoms with van der Waals surface area (Å²) in [5, 5.41) is 3.05. The van der Waals surface area contributed by atoms with Gasteiger partial charge in [0.05, 0.1) is 13.2 Å². The van der Waals surface area contributed by atoms with Crippen LogP contribution in [0, 0.1) is 5.41 Å². The second-order valence-corrected chi connectivity index (χ2v) is 7.48. The number of hydrogen-bond acceptors (Lipinski definition) is 4. The van der Waals surface area contributed by atoms with E-state index in [-0.39, 0.29) is 17.9 Å². The lowest BCUT2D eigenvalue weighted by Crippen LogP contribution is -2.55. The lowest BCUT2D eigenvalue weighted by atomic mass is 9.88. The first-order valence-electron chi connectivity index (χ1n) is 8.81. The number of carbonyl (C=O) groups is 2. The summed E-state index contributed by atoms with van der Waals surface area (Å²) in [6, 6.07) is 0.236. The predicted octanol–water partition coefficient (Wildman–Crippen LogP) is 1.44. The zero-order valence-corrected chi connectivity index (χ0v) is 14.2. The van der Waals surface area contributed by atoms with Crippen molar-refractivity contribution in [3.05, 3.63) is 0 Å². The maximum Gasteiger partial charge on any atom is 0.237 e. The van der Waals surface area contributed by atoms with E-state index in [0.29, 0.717) is 39.1 Å². The Morgan fingerprint density at radius 1 is 1.09 bits per heavy atom. The van der Waals surface area contributed by atoms with Gasteiger partial charge in [0.2, 0.25) is 11.8 Å². The molecule has 3 fully saturated rings. The normalized spacial score (nSPS) is 25.0. The Balaban J connectivity index is 1.56. The molecule has 23 heavy (non-hydrogen) atoms. The van der Waals surface area contributed by atoms with Gasteiger partial charge in [-0.2, -0.15) is 0 Å². The number of hydrogen-bond donors (Lipinski definition) is 1. The summed E-state index contributed by atoms with van der Waals surface area (Å²) in [5.41, 5.74) is -1.02. The smallest absolute Gasteiger partial charge is 0.237 e. The van der Waals surface area contributed by atoms with Crippen LogP contribution in [0.1, 0.15) is 52.4 Å². The van der Waals surface area contributed by atoms with Crippen LogP contribution in [0.4, 0.5) is 0 Å². The SMILES string of the molecule is CC(C)(C(=O)NC1CCCC1)C(=O)N1CCC2(CC1)OCCO2. The first-order chi connectivity index (χ1) is 10.9. The van der Waals surface area contributed by atoms with E-state index in [1.54, 1.807) is 18.7 Å². The number of amides is 2. The van der Waals surface area contributed by atoms with Crippen LogP contribution in [0.2, 0.25) is 0 Å². The Hall–Kier alpha value is -1.14. The van der Waals surface area contributed by atoms with Crippen molar-refractivity contribution in [1.29, 1.82) is 0 Å². The van der Waals surface area contributed by atoms with Crippen LogP contribution in [0.5, 0.6) is 0 Å². The third-order valence-electron chi connectivity index (χ3n) is 5.42. The summed E-state index contributed by atoms with van der Waals surface area (Å²) in [6.45, 7) is 5.88. The van der Waals surface area contributed by atoms with Gasteiger partial charge in [0.15, 0.2) is 5.79 Å². The molecule has 2 amide bonds. The van der Waals surface area contributed by atoms with Gasteiger partial charge in [-0.05, 0) is 26.7 Å². The number of nitrogens with one attached hydrogen (secondary N) is 1. The number of likely N-dealkylation sites (tertiary alicyclic amines) is 1. The maximum atomic E-state index is 12.8. The van der Waals surface area contributed by atoms with Crippen molar-refractivity contribution in [3.8, 4) is 0 Å². The van der Waals surface area contributed by atoms with Gasteiger partial charge in [0.1, 0.15) is 5.41 Å². The molecule has 6 nitrogen and oxygen atoms in total. The zero-order chi connectivity index (χ0) is 16.5. The van der Waals surface area contributed by atoms with Crippen LogP contribution in [-0.2, 0) is 19.1 Å². The summed E-state index contributed by atoms with van der Waals surface area (Å²) in [4.78, 5) is 27.2. The molecule has 2 heterocycles. The minimum absolute atomic E-state index is 0.0964. The van der Waals surface area contributed by atoms with E-state index in [1.165, 1.54) is 0 Å². The fourth-order valence-electron chi connectivity index (χ4n) is 3.76. The standard InChI is InChI=1S/C17H28N2O4/c1-16(2,14(20)18-13-5-3-4-6-13)15(21)19-9-7-17(8-10-19)22-11-12-23-17/h13H,3-12H2,1-2H3,(H,18,20). The molecule has 3 rings (SSSR count). The highest BCUT2D eigenvalue weighted by Crippen LogP contribution is 2.33. The van der Waals surface area contributed by atoms with Crippen LogP contribution in [0.3, 0.4) is 0 Å². The minimum atomic E-state index is -1.02. The third-order valence-corrected chi connectivity index (χ3v) is 5.42. The molecule has 1 saturated carbocycles. The fraction of sp³-hybridized carbons (Fsp3) is 0.882. The molecular formula is C17H28N2O4. The van der Waals surface area contributed by atoms with Crippen molar-refractivity contribution < 1.29 is 19.1 Å². The monoisotopic (exact) mass is 324 g/mol.